The van der Waals surface area contributed by atoms with Gasteiger partial charge in [-0.3, -0.25) is 9.79 Å². The minimum absolute atomic E-state index is 0.0248. The summed E-state index contributed by atoms with van der Waals surface area (Å²) < 4.78 is 60.1. The highest BCUT2D eigenvalue weighted by atomic mass is 35.5. The molecule has 1 aromatic carbocycles. The second kappa shape index (κ2) is 8.02. The number of nitrogens with two attached hydrogens (primary N) is 1. The Labute approximate surface area is 194 Å². The number of hydrogen-bond acceptors (Lipinski definition) is 7. The first-order valence-electron chi connectivity index (χ1n) is 10.2. The molecular weight excluding hydrogens is 476 g/mol. The zero-order valence-electron chi connectivity index (χ0n) is 17.9. The monoisotopic (exact) mass is 497 g/mol. The van der Waals surface area contributed by atoms with E-state index < -0.39 is 37.2 Å². The summed E-state index contributed by atoms with van der Waals surface area (Å²) in [5, 5.41) is 0.285. The number of carbonyl (C=O) groups is 1. The summed E-state index contributed by atoms with van der Waals surface area (Å²) in [5.41, 5.74) is 1.47. The van der Waals surface area contributed by atoms with E-state index in [9.17, 15) is 17.6 Å². The number of amidine groups is 1. The van der Waals surface area contributed by atoms with Crippen molar-refractivity contribution in [2.45, 2.75) is 48.4 Å². The summed E-state index contributed by atoms with van der Waals surface area (Å²) in [6, 6.07) is 5.09. The number of benzene rings is 1. The summed E-state index contributed by atoms with van der Waals surface area (Å²) in [7, 11) is -3.01. The maximum Gasteiger partial charge on any atom is 0.230 e. The molecule has 1 aromatic heterocycles. The van der Waals surface area contributed by atoms with Crippen molar-refractivity contribution in [2.24, 2.45) is 10.7 Å². The molecule has 176 valence electrons. The number of nitrogens with zero attached hydrogens (tertiary/aromatic N) is 2. The van der Waals surface area contributed by atoms with Crippen molar-refractivity contribution in [1.29, 1.82) is 0 Å². The number of aliphatic imine (C=N–C) groups is 1. The Morgan fingerprint density at radius 2 is 2.03 bits per heavy atom. The van der Waals surface area contributed by atoms with Crippen LogP contribution in [0, 0.1) is 5.82 Å². The van der Waals surface area contributed by atoms with Gasteiger partial charge < -0.3 is 10.5 Å². The predicted molar refractivity (Wildman–Crippen MR) is 120 cm³/mol. The molecule has 11 heteroatoms. The number of alkyl halides is 1. The molecule has 1 fully saturated rings. The van der Waals surface area contributed by atoms with E-state index in [0.29, 0.717) is 12.0 Å². The Morgan fingerprint density at radius 3 is 2.64 bits per heavy atom. The lowest BCUT2D eigenvalue weighted by Crippen LogP contribution is -2.64. The van der Waals surface area contributed by atoms with Gasteiger partial charge in [-0.05, 0) is 43.9 Å². The Balaban J connectivity index is 1.73. The van der Waals surface area contributed by atoms with E-state index >= 15 is 4.39 Å². The maximum atomic E-state index is 15.5. The van der Waals surface area contributed by atoms with Crippen molar-refractivity contribution < 1.29 is 26.7 Å². The van der Waals surface area contributed by atoms with Gasteiger partial charge in [0.1, 0.15) is 33.4 Å². The first-order chi connectivity index (χ1) is 15.5. The van der Waals surface area contributed by atoms with Gasteiger partial charge in [-0.2, -0.15) is 0 Å². The molecule has 33 heavy (non-hydrogen) atoms. The zero-order valence-corrected chi connectivity index (χ0v) is 19.5. The lowest BCUT2D eigenvalue weighted by atomic mass is 9.82. The second-order valence-corrected chi connectivity index (χ2v) is 11.2. The van der Waals surface area contributed by atoms with Crippen LogP contribution in [0.5, 0.6) is 5.75 Å². The SMILES string of the molecule is COc1cc(Cl)cnc1C(=O)Cc1ccc(F)c([C@@]2(C)N=C(N)C3(CCC3)S(=O)(=O)[C@@H]2F)c1. The summed E-state index contributed by atoms with van der Waals surface area (Å²) in [6.07, 6.45) is 2.04. The lowest BCUT2D eigenvalue weighted by molar-refractivity contribution is 0.0985. The number of ketones is 1. The Bertz CT molecular complexity index is 1280. The van der Waals surface area contributed by atoms with Crippen LogP contribution >= 0.6 is 11.6 Å². The third kappa shape index (κ3) is 3.50. The molecule has 2 aliphatic rings. The van der Waals surface area contributed by atoms with Crippen molar-refractivity contribution in [1.82, 2.24) is 4.98 Å². The standard InChI is InChI=1S/C22H22ClF2N3O4S/c1-21(19(25)33(30,31)22(6-3-7-22)20(26)28-21)14-8-12(4-5-15(14)24)9-16(29)18-17(32-2)10-13(23)11-27-18/h4-5,8,10-11,19H,3,6-7,9H2,1-2H3,(H2,26,28)/t19-,21+/m0/s1. The summed E-state index contributed by atoms with van der Waals surface area (Å²) in [5.74, 6) is -1.33. The molecule has 0 amide bonds. The largest absolute Gasteiger partial charge is 0.494 e. The van der Waals surface area contributed by atoms with Crippen molar-refractivity contribution in [3.05, 3.63) is 58.1 Å². The summed E-state index contributed by atoms with van der Waals surface area (Å²) in [6.45, 7) is 1.20. The third-order valence-electron chi connectivity index (χ3n) is 6.48. The topological polar surface area (TPSA) is 112 Å². The van der Waals surface area contributed by atoms with Gasteiger partial charge in [-0.1, -0.05) is 17.7 Å². The molecule has 2 heterocycles. The fourth-order valence-electron chi connectivity index (χ4n) is 4.39. The van der Waals surface area contributed by atoms with Crippen LogP contribution in [0.2, 0.25) is 5.02 Å². The average molecular weight is 498 g/mol. The van der Waals surface area contributed by atoms with Crippen LogP contribution < -0.4 is 10.5 Å². The molecule has 0 bridgehead atoms. The molecule has 2 atom stereocenters. The van der Waals surface area contributed by atoms with Crippen molar-refractivity contribution in [3.63, 3.8) is 0 Å². The molecule has 1 spiro atoms. The van der Waals surface area contributed by atoms with Gasteiger partial charge in [-0.25, -0.2) is 22.2 Å². The van der Waals surface area contributed by atoms with Crippen LogP contribution in [-0.4, -0.2) is 42.4 Å². The maximum absolute atomic E-state index is 15.5. The van der Waals surface area contributed by atoms with E-state index in [0.717, 1.165) is 6.07 Å². The van der Waals surface area contributed by atoms with E-state index in [4.69, 9.17) is 22.1 Å². The zero-order chi connectivity index (χ0) is 24.2. The first-order valence-corrected chi connectivity index (χ1v) is 12.1. The molecule has 4 rings (SSSR count). The number of methoxy groups -OCH3 is 1. The molecule has 1 aliphatic carbocycles. The molecular formula is C22H22ClF2N3O4S. The summed E-state index contributed by atoms with van der Waals surface area (Å²) >= 11 is 5.88. The highest BCUT2D eigenvalue weighted by molar-refractivity contribution is 7.94. The number of sulfone groups is 1. The van der Waals surface area contributed by atoms with Gasteiger partial charge in [-0.15, -0.1) is 0 Å². The molecule has 1 saturated carbocycles. The van der Waals surface area contributed by atoms with Gasteiger partial charge in [0.15, 0.2) is 15.6 Å². The highest BCUT2D eigenvalue weighted by Crippen LogP contribution is 2.51. The molecule has 0 unspecified atom stereocenters. The van der Waals surface area contributed by atoms with E-state index in [1.807, 2.05) is 0 Å². The Morgan fingerprint density at radius 1 is 1.33 bits per heavy atom. The number of carbonyl (C=O) groups excluding carboxylic acids is 1. The Kier molecular flexibility index (Phi) is 5.73. The number of Topliss-reactive ketones (excluding diaryl/α,β-unsaturated/α-hetero) is 1. The summed E-state index contributed by atoms with van der Waals surface area (Å²) in [4.78, 5) is 21.0. The first kappa shape index (κ1) is 23.6. The number of rotatable bonds is 5. The molecule has 1 aliphatic heterocycles. The third-order valence-corrected chi connectivity index (χ3v) is 9.40. The van der Waals surface area contributed by atoms with Crippen LogP contribution in [0.25, 0.3) is 0 Å². The van der Waals surface area contributed by atoms with Crippen LogP contribution in [0.3, 0.4) is 0 Å². The molecule has 2 aromatic rings. The number of pyridine rings is 1. The number of aromatic nitrogens is 1. The highest BCUT2D eigenvalue weighted by Gasteiger charge is 2.64. The minimum atomic E-state index is -4.37. The minimum Gasteiger partial charge on any atom is -0.494 e. The molecule has 0 saturated heterocycles. The van der Waals surface area contributed by atoms with Gasteiger partial charge in [0.2, 0.25) is 5.50 Å². The number of halogens is 3. The quantitative estimate of drug-likeness (QED) is 0.632. The van der Waals surface area contributed by atoms with E-state index in [1.165, 1.54) is 38.4 Å². The van der Waals surface area contributed by atoms with Crippen LogP contribution in [-0.2, 0) is 21.8 Å². The average Bonchev–Trinajstić information content (AvgIpc) is 2.72. The predicted octanol–water partition coefficient (Wildman–Crippen LogP) is 3.53. The molecule has 7 nitrogen and oxygen atoms in total. The van der Waals surface area contributed by atoms with Gasteiger partial charge in [0.05, 0.1) is 12.1 Å². The van der Waals surface area contributed by atoms with Crippen LogP contribution in [0.15, 0.2) is 35.5 Å². The normalized spacial score (nSPS) is 25.2. The number of ether oxygens (including phenoxy) is 1. The fourth-order valence-corrected chi connectivity index (χ4v) is 6.92. The fraction of sp³-hybridized carbons (Fsp3) is 0.409. The smallest absolute Gasteiger partial charge is 0.230 e. The van der Waals surface area contributed by atoms with Gasteiger partial charge >= 0.3 is 0 Å². The Hall–Kier alpha value is -2.59. The van der Waals surface area contributed by atoms with Crippen LogP contribution in [0.1, 0.15) is 47.8 Å². The second-order valence-electron chi connectivity index (χ2n) is 8.47. The van der Waals surface area contributed by atoms with Crippen molar-refractivity contribution >= 4 is 33.1 Å². The van der Waals surface area contributed by atoms with E-state index in [1.54, 1.807) is 0 Å². The molecule has 2 N–H and O–H groups in total. The number of hydrogen-bond donors (Lipinski definition) is 1. The molecule has 0 radical (unpaired) electrons. The van der Waals surface area contributed by atoms with Crippen molar-refractivity contribution in [2.75, 3.05) is 7.11 Å². The van der Waals surface area contributed by atoms with E-state index in [2.05, 4.69) is 9.98 Å². The lowest BCUT2D eigenvalue weighted by Gasteiger charge is -2.48. The van der Waals surface area contributed by atoms with Gasteiger partial charge in [0, 0.05) is 24.2 Å². The van der Waals surface area contributed by atoms with Crippen LogP contribution in [0.4, 0.5) is 8.78 Å². The van der Waals surface area contributed by atoms with Gasteiger partial charge in [0.25, 0.3) is 0 Å². The van der Waals surface area contributed by atoms with Crippen molar-refractivity contribution in [3.8, 4) is 5.75 Å². The van der Waals surface area contributed by atoms with E-state index in [-0.39, 0.29) is 47.1 Å².